The fraction of sp³-hybridized carbons (Fsp3) is 0.312. The number of hydrogen-bond donors (Lipinski definition) is 1. The molecule has 2 aromatic rings. The van der Waals surface area contributed by atoms with Gasteiger partial charge in [0.2, 0.25) is 5.88 Å². The van der Waals surface area contributed by atoms with Crippen molar-refractivity contribution < 1.29 is 9.47 Å². The Morgan fingerprint density at radius 3 is 2.70 bits per heavy atom. The summed E-state index contributed by atoms with van der Waals surface area (Å²) < 4.78 is 11.3. The van der Waals surface area contributed by atoms with Gasteiger partial charge < -0.3 is 15.2 Å². The molecule has 1 aromatic heterocycles. The van der Waals surface area contributed by atoms with Gasteiger partial charge in [-0.1, -0.05) is 19.1 Å². The molecule has 0 saturated heterocycles. The van der Waals surface area contributed by atoms with E-state index in [1.165, 1.54) is 5.56 Å². The van der Waals surface area contributed by atoms with Gasteiger partial charge in [0.05, 0.1) is 7.11 Å². The first-order valence-electron chi connectivity index (χ1n) is 6.71. The van der Waals surface area contributed by atoms with Crippen molar-refractivity contribution in [2.24, 2.45) is 5.73 Å². The molecule has 2 N–H and O–H groups in total. The topological polar surface area (TPSA) is 57.4 Å². The zero-order chi connectivity index (χ0) is 14.5. The molecule has 2 rings (SSSR count). The van der Waals surface area contributed by atoms with E-state index in [2.05, 4.69) is 11.9 Å². The summed E-state index contributed by atoms with van der Waals surface area (Å²) in [7, 11) is 1.63. The average Bonchev–Trinajstić information content (AvgIpc) is 2.48. The summed E-state index contributed by atoms with van der Waals surface area (Å²) >= 11 is 0. The second kappa shape index (κ2) is 6.39. The molecular formula is C16H20N2O2. The molecular weight excluding hydrogens is 252 g/mol. The second-order valence-corrected chi connectivity index (χ2v) is 4.63. The Kier molecular flexibility index (Phi) is 4.58. The number of pyridine rings is 1. The minimum Gasteiger partial charge on any atom is -0.493 e. The van der Waals surface area contributed by atoms with E-state index in [1.807, 2.05) is 37.3 Å². The number of ether oxygens (including phenoxy) is 2. The third kappa shape index (κ3) is 3.08. The molecule has 0 saturated carbocycles. The highest BCUT2D eigenvalue weighted by molar-refractivity contribution is 5.45. The Hall–Kier alpha value is -2.07. The number of rotatable bonds is 5. The van der Waals surface area contributed by atoms with E-state index < -0.39 is 0 Å². The highest BCUT2D eigenvalue weighted by atomic mass is 16.5. The Labute approximate surface area is 119 Å². The SMILES string of the molecule is CCc1ccc(Oc2ncccc2C(C)N)c(OC)c1. The largest absolute Gasteiger partial charge is 0.493 e. The third-order valence-electron chi connectivity index (χ3n) is 3.13. The van der Waals surface area contributed by atoms with Crippen molar-refractivity contribution in [3.8, 4) is 17.4 Å². The first-order chi connectivity index (χ1) is 9.65. The summed E-state index contributed by atoms with van der Waals surface area (Å²) in [5.41, 5.74) is 8.00. The molecule has 1 aromatic carbocycles. The van der Waals surface area contributed by atoms with Crippen LogP contribution in [0.2, 0.25) is 0 Å². The third-order valence-corrected chi connectivity index (χ3v) is 3.13. The summed E-state index contributed by atoms with van der Waals surface area (Å²) in [6, 6.07) is 9.52. The lowest BCUT2D eigenvalue weighted by Gasteiger charge is -2.14. The molecule has 1 heterocycles. The lowest BCUT2D eigenvalue weighted by atomic mass is 10.1. The Bertz CT molecular complexity index is 582. The molecule has 20 heavy (non-hydrogen) atoms. The van der Waals surface area contributed by atoms with Crippen molar-refractivity contribution in [2.75, 3.05) is 7.11 Å². The van der Waals surface area contributed by atoms with E-state index in [1.54, 1.807) is 13.3 Å². The first kappa shape index (κ1) is 14.3. The summed E-state index contributed by atoms with van der Waals surface area (Å²) in [5.74, 6) is 1.86. The van der Waals surface area contributed by atoms with Crippen LogP contribution >= 0.6 is 0 Å². The van der Waals surface area contributed by atoms with E-state index in [4.69, 9.17) is 15.2 Å². The maximum absolute atomic E-state index is 5.93. The predicted molar refractivity (Wildman–Crippen MR) is 79.3 cm³/mol. The number of nitrogens with two attached hydrogens (primary N) is 1. The molecule has 1 unspecified atom stereocenters. The van der Waals surface area contributed by atoms with Crippen LogP contribution < -0.4 is 15.2 Å². The number of benzene rings is 1. The Morgan fingerprint density at radius 1 is 1.25 bits per heavy atom. The summed E-state index contributed by atoms with van der Waals surface area (Å²) in [5, 5.41) is 0. The van der Waals surface area contributed by atoms with E-state index in [-0.39, 0.29) is 6.04 Å². The molecule has 4 heteroatoms. The predicted octanol–water partition coefficient (Wildman–Crippen LogP) is 3.46. The van der Waals surface area contributed by atoms with E-state index >= 15 is 0 Å². The van der Waals surface area contributed by atoms with Gasteiger partial charge in [0.1, 0.15) is 0 Å². The monoisotopic (exact) mass is 272 g/mol. The molecule has 0 radical (unpaired) electrons. The lowest BCUT2D eigenvalue weighted by Crippen LogP contribution is -2.07. The summed E-state index contributed by atoms with van der Waals surface area (Å²) in [6.07, 6.45) is 2.64. The molecule has 0 amide bonds. The van der Waals surface area contributed by atoms with Gasteiger partial charge in [-0.3, -0.25) is 0 Å². The zero-order valence-corrected chi connectivity index (χ0v) is 12.1. The second-order valence-electron chi connectivity index (χ2n) is 4.63. The van der Waals surface area contributed by atoms with Gasteiger partial charge in [-0.2, -0.15) is 0 Å². The van der Waals surface area contributed by atoms with Crippen LogP contribution in [0.15, 0.2) is 36.5 Å². The molecule has 0 spiro atoms. The molecule has 0 aliphatic carbocycles. The zero-order valence-electron chi connectivity index (χ0n) is 12.1. The average molecular weight is 272 g/mol. The van der Waals surface area contributed by atoms with Gasteiger partial charge in [0, 0.05) is 17.8 Å². The molecule has 0 aliphatic rings. The molecule has 4 nitrogen and oxygen atoms in total. The van der Waals surface area contributed by atoms with Gasteiger partial charge in [0.25, 0.3) is 0 Å². The Balaban J connectivity index is 2.35. The van der Waals surface area contributed by atoms with Crippen LogP contribution in [-0.4, -0.2) is 12.1 Å². The maximum atomic E-state index is 5.93. The summed E-state index contributed by atoms with van der Waals surface area (Å²) in [4.78, 5) is 4.26. The van der Waals surface area contributed by atoms with Crippen molar-refractivity contribution in [3.63, 3.8) is 0 Å². The van der Waals surface area contributed by atoms with Crippen LogP contribution in [0.4, 0.5) is 0 Å². The van der Waals surface area contributed by atoms with E-state index in [0.29, 0.717) is 17.4 Å². The van der Waals surface area contributed by atoms with Crippen molar-refractivity contribution >= 4 is 0 Å². The van der Waals surface area contributed by atoms with Crippen LogP contribution in [0.25, 0.3) is 0 Å². The fourth-order valence-electron chi connectivity index (χ4n) is 1.96. The van der Waals surface area contributed by atoms with Gasteiger partial charge >= 0.3 is 0 Å². The highest BCUT2D eigenvalue weighted by Crippen LogP contribution is 2.34. The number of nitrogens with zero attached hydrogens (tertiary/aromatic N) is 1. The smallest absolute Gasteiger partial charge is 0.224 e. The number of aryl methyl sites for hydroxylation is 1. The van der Waals surface area contributed by atoms with Gasteiger partial charge in [0.15, 0.2) is 11.5 Å². The number of aromatic nitrogens is 1. The van der Waals surface area contributed by atoms with Gasteiger partial charge in [-0.25, -0.2) is 4.98 Å². The minimum absolute atomic E-state index is 0.139. The lowest BCUT2D eigenvalue weighted by molar-refractivity contribution is 0.371. The van der Waals surface area contributed by atoms with Crippen LogP contribution in [0, 0.1) is 0 Å². The van der Waals surface area contributed by atoms with Gasteiger partial charge in [-0.05, 0) is 37.1 Å². The fourth-order valence-corrected chi connectivity index (χ4v) is 1.96. The number of hydrogen-bond acceptors (Lipinski definition) is 4. The van der Waals surface area contributed by atoms with Crippen LogP contribution in [-0.2, 0) is 6.42 Å². The van der Waals surface area contributed by atoms with Crippen LogP contribution in [0.1, 0.15) is 31.0 Å². The molecule has 0 aliphatic heterocycles. The minimum atomic E-state index is -0.139. The van der Waals surface area contributed by atoms with Crippen molar-refractivity contribution in [1.82, 2.24) is 4.98 Å². The van der Waals surface area contributed by atoms with Crippen molar-refractivity contribution in [2.45, 2.75) is 26.3 Å². The molecule has 0 fully saturated rings. The maximum Gasteiger partial charge on any atom is 0.224 e. The first-order valence-corrected chi connectivity index (χ1v) is 6.71. The van der Waals surface area contributed by atoms with Crippen molar-refractivity contribution in [1.29, 1.82) is 0 Å². The molecule has 106 valence electrons. The van der Waals surface area contributed by atoms with Crippen molar-refractivity contribution in [3.05, 3.63) is 47.7 Å². The van der Waals surface area contributed by atoms with Gasteiger partial charge in [-0.15, -0.1) is 0 Å². The summed E-state index contributed by atoms with van der Waals surface area (Å²) in [6.45, 7) is 4.00. The highest BCUT2D eigenvalue weighted by Gasteiger charge is 2.12. The van der Waals surface area contributed by atoms with E-state index in [0.717, 1.165) is 12.0 Å². The van der Waals surface area contributed by atoms with Crippen LogP contribution in [0.5, 0.6) is 17.4 Å². The normalized spacial score (nSPS) is 12.0. The quantitative estimate of drug-likeness (QED) is 0.905. The van der Waals surface area contributed by atoms with E-state index in [9.17, 15) is 0 Å². The number of methoxy groups -OCH3 is 1. The Morgan fingerprint density at radius 2 is 2.05 bits per heavy atom. The standard InChI is InChI=1S/C16H20N2O2/c1-4-12-7-8-14(15(10-12)19-3)20-16-13(11(2)17)6-5-9-18-16/h5-11H,4,17H2,1-3H3. The molecule has 0 bridgehead atoms. The van der Waals surface area contributed by atoms with Crippen LogP contribution in [0.3, 0.4) is 0 Å². The molecule has 1 atom stereocenters.